The minimum Gasteiger partial charge on any atom is -0.309 e. The second kappa shape index (κ2) is 9.71. The summed E-state index contributed by atoms with van der Waals surface area (Å²) in [5.41, 5.74) is 9.58. The van der Waals surface area contributed by atoms with Gasteiger partial charge in [-0.2, -0.15) is 0 Å². The standard InChI is InChI=1S/C44H27N3S/c1-2-12-28(13-3-1)46-39-20-10-6-16-33(39)43-34-17-7-11-21-40(34)47(44(43)46)30-23-25-42-36(27-30)35-26-29(22-24-41(35)48-42)45-37-18-8-4-14-31(37)32-15-5-9-19-38(32)45/h1-27H. The quantitative estimate of drug-likeness (QED) is 0.185. The van der Waals surface area contributed by atoms with E-state index in [2.05, 4.69) is 177 Å². The van der Waals surface area contributed by atoms with Crippen molar-refractivity contribution >= 4 is 86.2 Å². The van der Waals surface area contributed by atoms with Crippen LogP contribution in [0.3, 0.4) is 0 Å². The normalized spacial score (nSPS) is 12.2. The van der Waals surface area contributed by atoms with E-state index in [1.807, 2.05) is 11.3 Å². The van der Waals surface area contributed by atoms with E-state index in [9.17, 15) is 0 Å². The van der Waals surface area contributed by atoms with Gasteiger partial charge in [0, 0.05) is 64.2 Å². The fourth-order valence-electron chi connectivity index (χ4n) is 8.03. The van der Waals surface area contributed by atoms with Gasteiger partial charge in [-0.3, -0.25) is 9.13 Å². The lowest BCUT2D eigenvalue weighted by Crippen LogP contribution is -2.01. The highest BCUT2D eigenvalue weighted by Crippen LogP contribution is 2.43. The fraction of sp³-hybridized carbons (Fsp3) is 0. The average Bonchev–Trinajstić information content (AvgIpc) is 3.87. The summed E-state index contributed by atoms with van der Waals surface area (Å²) in [4.78, 5) is 0. The molecule has 0 fully saturated rings. The highest BCUT2D eigenvalue weighted by molar-refractivity contribution is 7.25. The molecule has 0 atom stereocenters. The van der Waals surface area contributed by atoms with E-state index in [-0.39, 0.29) is 0 Å². The highest BCUT2D eigenvalue weighted by atomic mass is 32.1. The Kier molecular flexibility index (Phi) is 5.26. The van der Waals surface area contributed by atoms with Crippen LogP contribution in [0.2, 0.25) is 0 Å². The molecule has 0 radical (unpaired) electrons. The maximum Gasteiger partial charge on any atom is 0.131 e. The predicted molar refractivity (Wildman–Crippen MR) is 205 cm³/mol. The fourth-order valence-corrected chi connectivity index (χ4v) is 9.10. The summed E-state index contributed by atoms with van der Waals surface area (Å²) in [5.74, 6) is 0. The van der Waals surface area contributed by atoms with Gasteiger partial charge >= 0.3 is 0 Å². The van der Waals surface area contributed by atoms with Crippen LogP contribution in [0.5, 0.6) is 0 Å². The van der Waals surface area contributed by atoms with Crippen molar-refractivity contribution in [2.24, 2.45) is 0 Å². The molecule has 4 aromatic heterocycles. The van der Waals surface area contributed by atoms with Crippen molar-refractivity contribution in [2.45, 2.75) is 0 Å². The molecule has 7 aromatic carbocycles. The largest absolute Gasteiger partial charge is 0.309 e. The van der Waals surface area contributed by atoms with Crippen molar-refractivity contribution in [2.75, 3.05) is 0 Å². The molecule has 0 N–H and O–H groups in total. The summed E-state index contributed by atoms with van der Waals surface area (Å²) >= 11 is 1.87. The number of aromatic nitrogens is 3. The number of benzene rings is 7. The number of nitrogens with zero attached hydrogens (tertiary/aromatic N) is 3. The number of hydrogen-bond acceptors (Lipinski definition) is 1. The maximum atomic E-state index is 2.47. The van der Waals surface area contributed by atoms with Gasteiger partial charge < -0.3 is 4.57 Å². The zero-order valence-electron chi connectivity index (χ0n) is 25.8. The molecule has 224 valence electrons. The molecule has 3 nitrogen and oxygen atoms in total. The summed E-state index contributed by atoms with van der Waals surface area (Å²) in [6, 6.07) is 59.9. The van der Waals surface area contributed by atoms with Crippen LogP contribution in [0.1, 0.15) is 0 Å². The minimum atomic E-state index is 1.16. The summed E-state index contributed by atoms with van der Waals surface area (Å²) in [6.07, 6.45) is 0. The van der Waals surface area contributed by atoms with E-state index in [0.717, 1.165) is 11.4 Å². The lowest BCUT2D eigenvalue weighted by Gasteiger charge is -2.13. The highest BCUT2D eigenvalue weighted by Gasteiger charge is 2.22. The van der Waals surface area contributed by atoms with Gasteiger partial charge in [-0.05, 0) is 72.8 Å². The lowest BCUT2D eigenvalue weighted by atomic mass is 10.1. The first kappa shape index (κ1) is 26.0. The third-order valence-electron chi connectivity index (χ3n) is 10.0. The average molecular weight is 630 g/mol. The van der Waals surface area contributed by atoms with Gasteiger partial charge in [0.15, 0.2) is 0 Å². The second-order valence-electron chi connectivity index (χ2n) is 12.6. The Morgan fingerprint density at radius 1 is 0.312 bits per heavy atom. The molecule has 4 heteroatoms. The zero-order chi connectivity index (χ0) is 31.3. The summed E-state index contributed by atoms with van der Waals surface area (Å²) in [5, 5.41) is 8.95. The van der Waals surface area contributed by atoms with Crippen LogP contribution < -0.4 is 0 Å². The van der Waals surface area contributed by atoms with Crippen LogP contribution in [0, 0.1) is 0 Å². The Morgan fingerprint density at radius 3 is 1.27 bits per heavy atom. The molecule has 0 bridgehead atoms. The van der Waals surface area contributed by atoms with Gasteiger partial charge in [0.1, 0.15) is 5.65 Å². The van der Waals surface area contributed by atoms with Crippen molar-refractivity contribution in [1.29, 1.82) is 0 Å². The molecule has 0 amide bonds. The summed E-state index contributed by atoms with van der Waals surface area (Å²) < 4.78 is 9.91. The first-order chi connectivity index (χ1) is 23.8. The SMILES string of the molecule is c1ccc(-n2c3ccccc3c3c4ccccc4n(-c4ccc5sc6ccc(-n7c8ccccc8c8ccccc87)cc6c5c4)c32)cc1. The molecule has 0 saturated carbocycles. The van der Waals surface area contributed by atoms with Crippen LogP contribution in [-0.4, -0.2) is 13.7 Å². The Morgan fingerprint density at radius 2 is 0.729 bits per heavy atom. The topological polar surface area (TPSA) is 14.8 Å². The first-order valence-electron chi connectivity index (χ1n) is 16.4. The molecule has 48 heavy (non-hydrogen) atoms. The molecule has 0 aliphatic carbocycles. The number of hydrogen-bond donors (Lipinski definition) is 0. The van der Waals surface area contributed by atoms with Crippen LogP contribution in [0.15, 0.2) is 164 Å². The summed E-state index contributed by atoms with van der Waals surface area (Å²) in [6.45, 7) is 0. The summed E-state index contributed by atoms with van der Waals surface area (Å²) in [7, 11) is 0. The van der Waals surface area contributed by atoms with Crippen LogP contribution in [-0.2, 0) is 0 Å². The number of thiophene rings is 1. The molecule has 11 rings (SSSR count). The van der Waals surface area contributed by atoms with Crippen LogP contribution in [0.25, 0.3) is 91.9 Å². The third kappa shape index (κ3) is 3.47. The maximum absolute atomic E-state index is 2.47. The molecule has 4 heterocycles. The Balaban J connectivity index is 1.21. The molecule has 0 unspecified atom stereocenters. The molecule has 0 spiro atoms. The van der Waals surface area contributed by atoms with Crippen molar-refractivity contribution in [1.82, 2.24) is 13.7 Å². The minimum absolute atomic E-state index is 1.16. The van der Waals surface area contributed by atoms with Gasteiger partial charge in [0.2, 0.25) is 0 Å². The third-order valence-corrected chi connectivity index (χ3v) is 11.2. The van der Waals surface area contributed by atoms with E-state index in [0.29, 0.717) is 0 Å². The first-order valence-corrected chi connectivity index (χ1v) is 17.2. The van der Waals surface area contributed by atoms with E-state index < -0.39 is 0 Å². The zero-order valence-corrected chi connectivity index (χ0v) is 26.7. The van der Waals surface area contributed by atoms with Crippen molar-refractivity contribution in [3.8, 4) is 17.1 Å². The van der Waals surface area contributed by atoms with Crippen LogP contribution in [0.4, 0.5) is 0 Å². The van der Waals surface area contributed by atoms with Crippen molar-refractivity contribution in [3.63, 3.8) is 0 Å². The number of para-hydroxylation sites is 5. The molecule has 0 aliphatic rings. The smallest absolute Gasteiger partial charge is 0.131 e. The Labute approximate surface area is 279 Å². The van der Waals surface area contributed by atoms with Gasteiger partial charge in [-0.15, -0.1) is 11.3 Å². The lowest BCUT2D eigenvalue weighted by molar-refractivity contribution is 1.07. The molecule has 0 aliphatic heterocycles. The predicted octanol–water partition coefficient (Wildman–Crippen LogP) is 12.2. The van der Waals surface area contributed by atoms with Gasteiger partial charge in [-0.25, -0.2) is 0 Å². The van der Waals surface area contributed by atoms with Crippen molar-refractivity contribution in [3.05, 3.63) is 164 Å². The van der Waals surface area contributed by atoms with Crippen LogP contribution >= 0.6 is 11.3 Å². The van der Waals surface area contributed by atoms with E-state index in [1.165, 1.54) is 80.5 Å². The molecular formula is C44H27N3S. The van der Waals surface area contributed by atoms with E-state index >= 15 is 0 Å². The molecular weight excluding hydrogens is 603 g/mol. The molecule has 11 aromatic rings. The molecule has 0 saturated heterocycles. The Bertz CT molecular complexity index is 3010. The monoisotopic (exact) mass is 629 g/mol. The van der Waals surface area contributed by atoms with Gasteiger partial charge in [0.05, 0.1) is 22.1 Å². The number of rotatable bonds is 3. The Hall–Kier alpha value is -6.10. The second-order valence-corrected chi connectivity index (χ2v) is 13.7. The van der Waals surface area contributed by atoms with Gasteiger partial charge in [0.25, 0.3) is 0 Å². The van der Waals surface area contributed by atoms with Crippen molar-refractivity contribution < 1.29 is 0 Å². The van der Waals surface area contributed by atoms with E-state index in [4.69, 9.17) is 0 Å². The van der Waals surface area contributed by atoms with Gasteiger partial charge in [-0.1, -0.05) is 91.0 Å². The number of fused-ring (bicyclic) bond motifs is 11. The van der Waals surface area contributed by atoms with E-state index in [1.54, 1.807) is 0 Å².